The van der Waals surface area contributed by atoms with Gasteiger partial charge in [0.1, 0.15) is 0 Å². The lowest BCUT2D eigenvalue weighted by Gasteiger charge is -2.33. The van der Waals surface area contributed by atoms with Crippen LogP contribution in [0.1, 0.15) is 44.0 Å². The van der Waals surface area contributed by atoms with Crippen molar-refractivity contribution in [2.45, 2.75) is 39.7 Å². The molecule has 2 unspecified atom stereocenters. The molecule has 0 aliphatic heterocycles. The summed E-state index contributed by atoms with van der Waals surface area (Å²) in [5.74, 6) is 0.137. The number of nitrogens with one attached hydrogen (secondary N) is 2. The molecule has 3 aromatic heterocycles. The summed E-state index contributed by atoms with van der Waals surface area (Å²) in [6.45, 7) is 6.84. The first-order chi connectivity index (χ1) is 12.4. The van der Waals surface area contributed by atoms with Crippen molar-refractivity contribution in [3.05, 3.63) is 36.3 Å². The molecule has 1 aliphatic carbocycles. The van der Waals surface area contributed by atoms with E-state index in [-0.39, 0.29) is 11.5 Å². The highest BCUT2D eigenvalue weighted by Crippen LogP contribution is 2.44. The van der Waals surface area contributed by atoms with Crippen molar-refractivity contribution in [2.24, 2.45) is 17.1 Å². The Labute approximate surface area is 152 Å². The number of rotatable bonds is 4. The van der Waals surface area contributed by atoms with Crippen LogP contribution in [0.25, 0.3) is 16.8 Å². The van der Waals surface area contributed by atoms with Gasteiger partial charge in [-0.05, 0) is 36.3 Å². The predicted molar refractivity (Wildman–Crippen MR) is 101 cm³/mol. The normalized spacial score (nSPS) is 22.0. The first kappa shape index (κ1) is 16.6. The molecule has 3 heterocycles. The molecule has 7 heteroatoms. The van der Waals surface area contributed by atoms with E-state index >= 15 is 0 Å². The Hall–Kier alpha value is -2.83. The minimum atomic E-state index is -0.476. The first-order valence-corrected chi connectivity index (χ1v) is 8.95. The molecule has 0 radical (unpaired) electrons. The third kappa shape index (κ3) is 2.55. The van der Waals surface area contributed by atoms with Crippen LogP contribution in [0.3, 0.4) is 0 Å². The van der Waals surface area contributed by atoms with Crippen LogP contribution < -0.4 is 11.1 Å². The summed E-state index contributed by atoms with van der Waals surface area (Å²) in [6, 6.07) is 4.17. The molecule has 26 heavy (non-hydrogen) atoms. The summed E-state index contributed by atoms with van der Waals surface area (Å²) in [6.07, 6.45) is 7.40. The topological polar surface area (TPSA) is 101 Å². The summed E-state index contributed by atoms with van der Waals surface area (Å²) in [4.78, 5) is 12.0. The summed E-state index contributed by atoms with van der Waals surface area (Å²) in [5, 5.41) is 14.9. The highest BCUT2D eigenvalue weighted by atomic mass is 16.1. The molecule has 0 spiro atoms. The van der Waals surface area contributed by atoms with E-state index in [1.54, 1.807) is 16.9 Å². The van der Waals surface area contributed by atoms with Gasteiger partial charge in [-0.25, -0.2) is 4.52 Å². The van der Waals surface area contributed by atoms with Crippen LogP contribution in [0.15, 0.2) is 30.7 Å². The van der Waals surface area contributed by atoms with Crippen molar-refractivity contribution >= 4 is 17.1 Å². The zero-order valence-corrected chi connectivity index (χ0v) is 15.3. The van der Waals surface area contributed by atoms with Crippen LogP contribution in [0.5, 0.6) is 0 Å². The number of nitrogens with two attached hydrogens (primary N) is 1. The van der Waals surface area contributed by atoms with Crippen LogP contribution in [-0.2, 0) is 0 Å². The molecular formula is C19H24N6O. The molecule has 1 amide bonds. The van der Waals surface area contributed by atoms with Gasteiger partial charge in [0.2, 0.25) is 0 Å². The average molecular weight is 352 g/mol. The van der Waals surface area contributed by atoms with Crippen LogP contribution in [0.4, 0.5) is 5.69 Å². The fraction of sp³-hybridized carbons (Fsp3) is 0.421. The van der Waals surface area contributed by atoms with Crippen molar-refractivity contribution in [1.82, 2.24) is 19.8 Å². The lowest BCUT2D eigenvalue weighted by atomic mass is 9.80. The summed E-state index contributed by atoms with van der Waals surface area (Å²) in [7, 11) is 0. The number of carbonyl (C=O) groups excluding carboxylic acids is 1. The Morgan fingerprint density at radius 1 is 1.42 bits per heavy atom. The SMILES string of the molecule is CC1CCC(Nc2c(C(N)=O)cnn3cc(-c4ccn[nH]4)cc23)C1(C)C. The smallest absolute Gasteiger partial charge is 0.252 e. The van der Waals surface area contributed by atoms with Gasteiger partial charge in [0.15, 0.2) is 0 Å². The molecule has 1 fully saturated rings. The van der Waals surface area contributed by atoms with Gasteiger partial charge in [-0.1, -0.05) is 20.8 Å². The van der Waals surface area contributed by atoms with E-state index in [0.29, 0.717) is 11.5 Å². The highest BCUT2D eigenvalue weighted by molar-refractivity contribution is 6.02. The monoisotopic (exact) mass is 352 g/mol. The molecular weight excluding hydrogens is 328 g/mol. The highest BCUT2D eigenvalue weighted by Gasteiger charge is 2.41. The fourth-order valence-corrected chi connectivity index (χ4v) is 3.90. The summed E-state index contributed by atoms with van der Waals surface area (Å²) >= 11 is 0. The quantitative estimate of drug-likeness (QED) is 0.671. The average Bonchev–Trinajstić information content (AvgIpc) is 3.30. The summed E-state index contributed by atoms with van der Waals surface area (Å²) in [5.41, 5.74) is 9.63. The Morgan fingerprint density at radius 2 is 2.23 bits per heavy atom. The molecule has 2 atom stereocenters. The zero-order valence-electron chi connectivity index (χ0n) is 15.3. The predicted octanol–water partition coefficient (Wildman–Crippen LogP) is 3.06. The van der Waals surface area contributed by atoms with Crippen molar-refractivity contribution in [3.63, 3.8) is 0 Å². The third-order valence-electron chi connectivity index (χ3n) is 6.09. The van der Waals surface area contributed by atoms with E-state index in [0.717, 1.165) is 28.9 Å². The molecule has 0 saturated heterocycles. The number of anilines is 1. The van der Waals surface area contributed by atoms with Gasteiger partial charge in [-0.3, -0.25) is 9.89 Å². The molecule has 7 nitrogen and oxygen atoms in total. The number of aromatic nitrogens is 4. The number of hydrogen-bond donors (Lipinski definition) is 3. The minimum Gasteiger partial charge on any atom is -0.379 e. The fourth-order valence-electron chi connectivity index (χ4n) is 3.90. The van der Waals surface area contributed by atoms with Gasteiger partial charge >= 0.3 is 0 Å². The van der Waals surface area contributed by atoms with Gasteiger partial charge in [0.25, 0.3) is 5.91 Å². The Bertz CT molecular complexity index is 956. The number of primary amides is 1. The van der Waals surface area contributed by atoms with Crippen molar-refractivity contribution in [2.75, 3.05) is 5.32 Å². The van der Waals surface area contributed by atoms with Crippen molar-refractivity contribution in [1.29, 1.82) is 0 Å². The zero-order chi connectivity index (χ0) is 18.5. The molecule has 136 valence electrons. The van der Waals surface area contributed by atoms with Gasteiger partial charge in [-0.15, -0.1) is 0 Å². The molecule has 4 N–H and O–H groups in total. The van der Waals surface area contributed by atoms with Crippen molar-refractivity contribution in [3.8, 4) is 11.3 Å². The van der Waals surface area contributed by atoms with Crippen LogP contribution in [-0.4, -0.2) is 31.8 Å². The largest absolute Gasteiger partial charge is 0.379 e. The lowest BCUT2D eigenvalue weighted by molar-refractivity contribution is 0.100. The van der Waals surface area contributed by atoms with Gasteiger partial charge in [-0.2, -0.15) is 10.2 Å². The van der Waals surface area contributed by atoms with Crippen LogP contribution in [0.2, 0.25) is 0 Å². The summed E-state index contributed by atoms with van der Waals surface area (Å²) < 4.78 is 1.77. The number of nitrogens with zero attached hydrogens (tertiary/aromatic N) is 3. The maximum absolute atomic E-state index is 12.0. The molecule has 0 aromatic carbocycles. The molecule has 3 aromatic rings. The van der Waals surface area contributed by atoms with E-state index in [9.17, 15) is 4.79 Å². The Morgan fingerprint density at radius 3 is 2.85 bits per heavy atom. The van der Waals surface area contributed by atoms with E-state index in [1.807, 2.05) is 18.3 Å². The number of hydrogen-bond acceptors (Lipinski definition) is 4. The molecule has 4 rings (SSSR count). The molecule has 1 saturated carbocycles. The van der Waals surface area contributed by atoms with E-state index < -0.39 is 5.91 Å². The van der Waals surface area contributed by atoms with E-state index in [2.05, 4.69) is 41.4 Å². The minimum absolute atomic E-state index is 0.133. The Balaban J connectivity index is 1.83. The van der Waals surface area contributed by atoms with Crippen LogP contribution >= 0.6 is 0 Å². The third-order valence-corrected chi connectivity index (χ3v) is 6.09. The number of H-pyrrole nitrogens is 1. The maximum atomic E-state index is 12.0. The Kier molecular flexibility index (Phi) is 3.75. The van der Waals surface area contributed by atoms with E-state index in [1.165, 1.54) is 6.42 Å². The number of amides is 1. The van der Waals surface area contributed by atoms with Gasteiger partial charge in [0.05, 0.1) is 28.7 Å². The van der Waals surface area contributed by atoms with Crippen molar-refractivity contribution < 1.29 is 4.79 Å². The number of aromatic amines is 1. The standard InChI is InChI=1S/C19H24N6O/c1-11-4-5-16(19(11,2)3)23-17-13(18(20)26)9-22-25-10-12(8-15(17)25)14-6-7-21-24-14/h6-11,16,23H,4-5H2,1-3H3,(H2,20,26)(H,21,24). The number of fused-ring (bicyclic) bond motifs is 1. The first-order valence-electron chi connectivity index (χ1n) is 8.95. The number of carbonyl (C=O) groups is 1. The molecule has 0 bridgehead atoms. The van der Waals surface area contributed by atoms with Gasteiger partial charge in [0, 0.05) is 24.0 Å². The molecule has 1 aliphatic rings. The lowest BCUT2D eigenvalue weighted by Crippen LogP contribution is -2.35. The maximum Gasteiger partial charge on any atom is 0.252 e. The van der Waals surface area contributed by atoms with Gasteiger partial charge < -0.3 is 11.1 Å². The van der Waals surface area contributed by atoms with E-state index in [4.69, 9.17) is 5.73 Å². The second kappa shape index (κ2) is 5.86. The van der Waals surface area contributed by atoms with Crippen LogP contribution in [0, 0.1) is 11.3 Å². The second-order valence-electron chi connectivity index (χ2n) is 7.82. The second-order valence-corrected chi connectivity index (χ2v) is 7.82.